The van der Waals surface area contributed by atoms with Crippen LogP contribution >= 0.6 is 11.6 Å². The highest BCUT2D eigenvalue weighted by atomic mass is 35.5. The third-order valence-electron chi connectivity index (χ3n) is 4.90. The van der Waals surface area contributed by atoms with Crippen molar-refractivity contribution < 1.29 is 23.8 Å². The number of hydrogen-bond donors (Lipinski definition) is 1. The van der Waals surface area contributed by atoms with Crippen molar-refractivity contribution in [2.75, 3.05) is 12.4 Å². The Morgan fingerprint density at radius 3 is 2.56 bits per heavy atom. The number of hydrogen-bond acceptors (Lipinski definition) is 6. The zero-order valence-corrected chi connectivity index (χ0v) is 19.3. The van der Waals surface area contributed by atoms with Gasteiger partial charge in [0.1, 0.15) is 6.61 Å². The summed E-state index contributed by atoms with van der Waals surface area (Å²) in [6.07, 6.45) is 1.61. The molecule has 7 nitrogen and oxygen atoms in total. The van der Waals surface area contributed by atoms with Crippen LogP contribution in [0, 0.1) is 0 Å². The van der Waals surface area contributed by atoms with E-state index < -0.39 is 5.97 Å². The first-order chi connectivity index (χ1) is 16.4. The molecule has 1 heterocycles. The van der Waals surface area contributed by atoms with Crippen LogP contribution in [0.3, 0.4) is 0 Å². The summed E-state index contributed by atoms with van der Waals surface area (Å²) < 4.78 is 16.6. The van der Waals surface area contributed by atoms with Crippen LogP contribution in [0.15, 0.2) is 77.4 Å². The molecule has 0 unspecified atom stereocenters. The van der Waals surface area contributed by atoms with Crippen molar-refractivity contribution in [3.8, 4) is 11.5 Å². The summed E-state index contributed by atoms with van der Waals surface area (Å²) in [6.45, 7) is 1.72. The van der Waals surface area contributed by atoms with E-state index in [-0.39, 0.29) is 24.1 Å². The fourth-order valence-corrected chi connectivity index (χ4v) is 3.44. The fraction of sp³-hybridized carbons (Fsp3) is 0.115. The monoisotopic (exact) mass is 476 g/mol. The van der Waals surface area contributed by atoms with Gasteiger partial charge < -0.3 is 19.5 Å². The van der Waals surface area contributed by atoms with Crippen LogP contribution in [0.4, 0.5) is 5.69 Å². The third-order valence-corrected chi connectivity index (χ3v) is 5.27. The first-order valence-corrected chi connectivity index (χ1v) is 10.8. The molecule has 1 aliphatic rings. The number of methoxy groups -OCH3 is 1. The number of nitrogens with zero attached hydrogens (tertiary/aromatic N) is 1. The van der Waals surface area contributed by atoms with Gasteiger partial charge in [0.25, 0.3) is 0 Å². The quantitative estimate of drug-likeness (QED) is 0.372. The molecule has 0 saturated heterocycles. The lowest BCUT2D eigenvalue weighted by Gasteiger charge is -2.12. The van der Waals surface area contributed by atoms with Crippen LogP contribution in [-0.2, 0) is 20.9 Å². The second-order valence-electron chi connectivity index (χ2n) is 7.38. The molecule has 1 aliphatic heterocycles. The highest BCUT2D eigenvalue weighted by Crippen LogP contribution is 2.31. The van der Waals surface area contributed by atoms with E-state index in [1.807, 2.05) is 18.2 Å². The molecule has 3 aromatic carbocycles. The molecule has 0 atom stereocenters. The number of carbonyl (C=O) groups excluding carboxylic acids is 2. The topological polar surface area (TPSA) is 86.2 Å². The summed E-state index contributed by atoms with van der Waals surface area (Å²) in [5, 5.41) is 3.31. The Morgan fingerprint density at radius 1 is 1.09 bits per heavy atom. The summed E-state index contributed by atoms with van der Waals surface area (Å²) in [7, 11) is 1.54. The molecule has 1 N–H and O–H groups in total. The Kier molecular flexibility index (Phi) is 6.94. The van der Waals surface area contributed by atoms with E-state index in [4.69, 9.17) is 25.8 Å². The van der Waals surface area contributed by atoms with Crippen LogP contribution in [0.1, 0.15) is 23.6 Å². The maximum Gasteiger partial charge on any atom is 0.363 e. The number of anilines is 1. The van der Waals surface area contributed by atoms with E-state index in [1.54, 1.807) is 61.7 Å². The fourth-order valence-electron chi connectivity index (χ4n) is 3.25. The van der Waals surface area contributed by atoms with E-state index >= 15 is 0 Å². The molecule has 0 spiro atoms. The molecule has 1 amide bonds. The minimum absolute atomic E-state index is 0.160. The Labute approximate surface area is 201 Å². The number of carbonyl (C=O) groups is 2. The van der Waals surface area contributed by atoms with Gasteiger partial charge in [-0.15, -0.1) is 0 Å². The smallest absolute Gasteiger partial charge is 0.363 e. The van der Waals surface area contributed by atoms with E-state index in [0.29, 0.717) is 33.3 Å². The Balaban J connectivity index is 1.51. The van der Waals surface area contributed by atoms with Gasteiger partial charge in [0.15, 0.2) is 17.2 Å². The summed E-state index contributed by atoms with van der Waals surface area (Å²) >= 11 is 6.19. The van der Waals surface area contributed by atoms with Gasteiger partial charge in [-0.25, -0.2) is 9.79 Å². The number of cyclic esters (lactones) is 1. The molecule has 3 aromatic rings. The van der Waals surface area contributed by atoms with Crippen LogP contribution in [0.5, 0.6) is 11.5 Å². The van der Waals surface area contributed by atoms with E-state index in [2.05, 4.69) is 10.3 Å². The van der Waals surface area contributed by atoms with Gasteiger partial charge in [0.2, 0.25) is 11.8 Å². The average molecular weight is 477 g/mol. The number of rotatable bonds is 7. The predicted molar refractivity (Wildman–Crippen MR) is 130 cm³/mol. The summed E-state index contributed by atoms with van der Waals surface area (Å²) in [6, 6.07) is 19.6. The normalized spacial score (nSPS) is 13.9. The molecule has 172 valence electrons. The highest BCUT2D eigenvalue weighted by Gasteiger charge is 2.24. The summed E-state index contributed by atoms with van der Waals surface area (Å²) in [5.41, 5.74) is 2.97. The minimum atomic E-state index is -0.557. The van der Waals surface area contributed by atoms with Gasteiger partial charge in [0.05, 0.1) is 7.11 Å². The minimum Gasteiger partial charge on any atom is -0.493 e. The molecule has 0 aromatic heterocycles. The van der Waals surface area contributed by atoms with Crippen LogP contribution < -0.4 is 14.8 Å². The molecule has 0 bridgehead atoms. The number of aliphatic imine (C=N–C) groups is 1. The van der Waals surface area contributed by atoms with Crippen molar-refractivity contribution in [1.29, 1.82) is 0 Å². The van der Waals surface area contributed by atoms with E-state index in [0.717, 1.165) is 5.56 Å². The van der Waals surface area contributed by atoms with Gasteiger partial charge >= 0.3 is 5.97 Å². The van der Waals surface area contributed by atoms with Crippen molar-refractivity contribution in [3.05, 3.63) is 94.1 Å². The van der Waals surface area contributed by atoms with E-state index in [9.17, 15) is 9.59 Å². The molecule has 0 saturated carbocycles. The highest BCUT2D eigenvalue weighted by molar-refractivity contribution is 6.31. The second-order valence-corrected chi connectivity index (χ2v) is 7.79. The number of esters is 1. The van der Waals surface area contributed by atoms with Gasteiger partial charge in [-0.2, -0.15) is 0 Å². The Morgan fingerprint density at radius 2 is 1.85 bits per heavy atom. The van der Waals surface area contributed by atoms with E-state index in [1.165, 1.54) is 6.92 Å². The number of halogens is 1. The Hall–Kier alpha value is -4.10. The lowest BCUT2D eigenvalue weighted by molar-refractivity contribution is -0.129. The number of amides is 1. The van der Waals surface area contributed by atoms with Gasteiger partial charge in [0, 0.05) is 28.8 Å². The van der Waals surface area contributed by atoms with Gasteiger partial charge in [-0.3, -0.25) is 4.79 Å². The maximum atomic E-state index is 12.4. The third kappa shape index (κ3) is 5.44. The largest absolute Gasteiger partial charge is 0.493 e. The standard InChI is InChI=1S/C26H21ClN2O5/c1-16(30)28-20-10-8-18(9-11-20)25-29-22(26(31)34-25)13-17-7-12-23(24(14-17)32-2)33-15-19-5-3-4-6-21(19)27/h3-14H,15H2,1-2H3,(H,28,30)/b22-13-. The molecule has 8 heteroatoms. The van der Waals surface area contributed by atoms with Crippen molar-refractivity contribution in [2.45, 2.75) is 13.5 Å². The number of ether oxygens (including phenoxy) is 3. The summed E-state index contributed by atoms with van der Waals surface area (Å²) in [5.74, 6) is 0.516. The lowest BCUT2D eigenvalue weighted by atomic mass is 10.1. The van der Waals surface area contributed by atoms with Crippen molar-refractivity contribution >= 4 is 41.1 Å². The van der Waals surface area contributed by atoms with Crippen LogP contribution in [-0.4, -0.2) is 24.9 Å². The maximum absolute atomic E-state index is 12.4. The van der Waals surface area contributed by atoms with Crippen molar-refractivity contribution in [3.63, 3.8) is 0 Å². The lowest BCUT2D eigenvalue weighted by Crippen LogP contribution is -2.07. The molecular formula is C26H21ClN2O5. The SMILES string of the molecule is COc1cc(/C=C2\N=C(c3ccc(NC(C)=O)cc3)OC2=O)ccc1OCc1ccccc1Cl. The van der Waals surface area contributed by atoms with Gasteiger partial charge in [-0.05, 0) is 54.1 Å². The van der Waals surface area contributed by atoms with Crippen molar-refractivity contribution in [2.24, 2.45) is 4.99 Å². The molecule has 0 radical (unpaired) electrons. The molecule has 0 aliphatic carbocycles. The zero-order valence-electron chi connectivity index (χ0n) is 18.5. The summed E-state index contributed by atoms with van der Waals surface area (Å²) in [4.78, 5) is 27.8. The average Bonchev–Trinajstić information content (AvgIpc) is 3.19. The molecule has 0 fully saturated rings. The number of nitrogens with one attached hydrogen (secondary N) is 1. The molecule has 34 heavy (non-hydrogen) atoms. The second kappa shape index (κ2) is 10.2. The molecular weight excluding hydrogens is 456 g/mol. The Bertz CT molecular complexity index is 1300. The van der Waals surface area contributed by atoms with Crippen LogP contribution in [0.25, 0.3) is 6.08 Å². The first kappa shape index (κ1) is 23.1. The van der Waals surface area contributed by atoms with Crippen LogP contribution in [0.2, 0.25) is 5.02 Å². The molecule has 4 rings (SSSR count). The van der Waals surface area contributed by atoms with Gasteiger partial charge in [-0.1, -0.05) is 35.9 Å². The number of benzene rings is 3. The first-order valence-electron chi connectivity index (χ1n) is 10.4. The predicted octanol–water partition coefficient (Wildman–Crippen LogP) is 5.23. The zero-order chi connectivity index (χ0) is 24.1. The van der Waals surface area contributed by atoms with Crippen molar-refractivity contribution in [1.82, 2.24) is 0 Å².